The van der Waals surface area contributed by atoms with Gasteiger partial charge in [-0.05, 0) is 25.5 Å². The van der Waals surface area contributed by atoms with E-state index in [4.69, 9.17) is 19.4 Å². The van der Waals surface area contributed by atoms with Gasteiger partial charge in [-0.15, -0.1) is 0 Å². The van der Waals surface area contributed by atoms with Gasteiger partial charge in [0.15, 0.2) is 0 Å². The maximum Gasteiger partial charge on any atom is 0.707 e. The number of aryl methyl sites for hydroxylation is 1. The minimum atomic E-state index is -1.81. The van der Waals surface area contributed by atoms with Crippen molar-refractivity contribution in [3.8, 4) is 11.5 Å². The molecule has 0 bridgehead atoms. The highest BCUT2D eigenvalue weighted by Crippen LogP contribution is 2.30. The molecule has 0 aliphatic heterocycles. The van der Waals surface area contributed by atoms with Gasteiger partial charge in [-0.3, -0.25) is 0 Å². The van der Waals surface area contributed by atoms with Crippen LogP contribution in [0, 0.1) is 13.8 Å². The zero-order chi connectivity index (χ0) is 10.7. The molecule has 2 N–H and O–H groups in total. The largest absolute Gasteiger partial charge is 0.707 e. The van der Waals surface area contributed by atoms with Gasteiger partial charge in [0, 0.05) is 5.56 Å². The molecule has 0 spiro atoms. The summed E-state index contributed by atoms with van der Waals surface area (Å²) in [6, 6.07) is 3.60. The maximum absolute atomic E-state index is 8.71. The molecule has 0 atom stereocenters. The predicted octanol–water partition coefficient (Wildman–Crippen LogP) is 0.660. The normalized spacial score (nSPS) is 9.79. The zero-order valence-corrected chi connectivity index (χ0v) is 8.44. The van der Waals surface area contributed by atoms with Crippen LogP contribution < -0.4 is 9.39 Å². The van der Waals surface area contributed by atoms with Crippen LogP contribution in [-0.4, -0.2) is 24.5 Å². The summed E-state index contributed by atoms with van der Waals surface area (Å²) in [4.78, 5) is 0. The SMILES string of the molecule is COc1ccc(C)c(OB(O)O)c1C. The Hall–Kier alpha value is -1.20. The van der Waals surface area contributed by atoms with Gasteiger partial charge in [-0.25, -0.2) is 0 Å². The van der Waals surface area contributed by atoms with Crippen LogP contribution in [0.3, 0.4) is 0 Å². The van der Waals surface area contributed by atoms with Crippen molar-refractivity contribution in [1.82, 2.24) is 0 Å². The summed E-state index contributed by atoms with van der Waals surface area (Å²) in [7, 11) is -0.254. The Morgan fingerprint density at radius 1 is 1.21 bits per heavy atom. The molecule has 14 heavy (non-hydrogen) atoms. The minimum Gasteiger partial charge on any atom is -0.511 e. The number of ether oxygens (including phenoxy) is 1. The van der Waals surface area contributed by atoms with E-state index in [9.17, 15) is 0 Å². The van der Waals surface area contributed by atoms with Crippen LogP contribution in [0.4, 0.5) is 0 Å². The molecule has 0 radical (unpaired) electrons. The van der Waals surface area contributed by atoms with Crippen LogP contribution in [-0.2, 0) is 0 Å². The van der Waals surface area contributed by atoms with Crippen molar-refractivity contribution in [1.29, 1.82) is 0 Å². The Morgan fingerprint density at radius 2 is 1.86 bits per heavy atom. The van der Waals surface area contributed by atoms with Gasteiger partial charge >= 0.3 is 7.32 Å². The van der Waals surface area contributed by atoms with Crippen molar-refractivity contribution in [2.45, 2.75) is 13.8 Å². The molecule has 0 saturated heterocycles. The molecule has 0 aliphatic carbocycles. The second-order valence-electron chi connectivity index (χ2n) is 2.98. The molecule has 0 aromatic heterocycles. The first-order valence-electron chi connectivity index (χ1n) is 4.23. The molecule has 4 nitrogen and oxygen atoms in total. The molecule has 0 fully saturated rings. The van der Waals surface area contributed by atoms with Crippen LogP contribution in [0.2, 0.25) is 0 Å². The lowest BCUT2D eigenvalue weighted by Gasteiger charge is -2.14. The molecule has 0 saturated carbocycles. The van der Waals surface area contributed by atoms with Crippen LogP contribution in [0.5, 0.6) is 11.5 Å². The molecule has 0 unspecified atom stereocenters. The molecule has 0 aliphatic rings. The second kappa shape index (κ2) is 4.35. The molecular weight excluding hydrogens is 183 g/mol. The summed E-state index contributed by atoms with van der Waals surface area (Å²) in [5.74, 6) is 1.10. The van der Waals surface area contributed by atoms with E-state index < -0.39 is 7.32 Å². The van der Waals surface area contributed by atoms with Gasteiger partial charge in [-0.2, -0.15) is 0 Å². The van der Waals surface area contributed by atoms with Crippen LogP contribution in [0.15, 0.2) is 12.1 Å². The summed E-state index contributed by atoms with van der Waals surface area (Å²) in [6.07, 6.45) is 0. The molecule has 76 valence electrons. The fourth-order valence-corrected chi connectivity index (χ4v) is 1.32. The van der Waals surface area contributed by atoms with Gasteiger partial charge in [-0.1, -0.05) is 6.07 Å². The lowest BCUT2D eigenvalue weighted by Crippen LogP contribution is -2.21. The van der Waals surface area contributed by atoms with Gasteiger partial charge < -0.3 is 19.4 Å². The smallest absolute Gasteiger partial charge is 0.511 e. The summed E-state index contributed by atoms with van der Waals surface area (Å²) >= 11 is 0. The van der Waals surface area contributed by atoms with Gasteiger partial charge in [0.05, 0.1) is 7.11 Å². The van der Waals surface area contributed by atoms with E-state index in [1.54, 1.807) is 26.2 Å². The van der Waals surface area contributed by atoms with Gasteiger partial charge in [0.2, 0.25) is 0 Å². The first-order valence-corrected chi connectivity index (χ1v) is 4.23. The third-order valence-electron chi connectivity index (χ3n) is 2.00. The number of rotatable bonds is 3. The van der Waals surface area contributed by atoms with E-state index in [0.29, 0.717) is 11.5 Å². The number of methoxy groups -OCH3 is 1. The van der Waals surface area contributed by atoms with Gasteiger partial charge in [0.25, 0.3) is 0 Å². The number of hydrogen-bond donors (Lipinski definition) is 2. The summed E-state index contributed by atoms with van der Waals surface area (Å²) in [5, 5.41) is 17.4. The van der Waals surface area contributed by atoms with Crippen LogP contribution >= 0.6 is 0 Å². The fourth-order valence-electron chi connectivity index (χ4n) is 1.32. The summed E-state index contributed by atoms with van der Waals surface area (Å²) < 4.78 is 9.93. The van der Waals surface area contributed by atoms with E-state index >= 15 is 0 Å². The number of hydrogen-bond acceptors (Lipinski definition) is 4. The summed E-state index contributed by atoms with van der Waals surface area (Å²) in [6.45, 7) is 3.62. The molecule has 1 aromatic carbocycles. The third-order valence-corrected chi connectivity index (χ3v) is 2.00. The topological polar surface area (TPSA) is 58.9 Å². The molecule has 0 amide bonds. The highest BCUT2D eigenvalue weighted by molar-refractivity contribution is 6.33. The quantitative estimate of drug-likeness (QED) is 0.697. The van der Waals surface area contributed by atoms with Crippen molar-refractivity contribution >= 4 is 7.32 Å². The van der Waals surface area contributed by atoms with Crippen molar-refractivity contribution < 1.29 is 19.4 Å². The first kappa shape index (κ1) is 10.9. The molecule has 0 heterocycles. The number of benzene rings is 1. The lowest BCUT2D eigenvalue weighted by molar-refractivity contribution is 0.285. The van der Waals surface area contributed by atoms with Crippen molar-refractivity contribution in [2.75, 3.05) is 7.11 Å². The average molecular weight is 196 g/mol. The molecular formula is C9H13BO4. The third kappa shape index (κ3) is 2.18. The average Bonchev–Trinajstić information content (AvgIpc) is 2.12. The van der Waals surface area contributed by atoms with E-state index in [1.165, 1.54) is 0 Å². The molecule has 1 aromatic rings. The van der Waals surface area contributed by atoms with Gasteiger partial charge in [0.1, 0.15) is 11.5 Å². The van der Waals surface area contributed by atoms with Crippen molar-refractivity contribution in [2.24, 2.45) is 0 Å². The van der Waals surface area contributed by atoms with Crippen molar-refractivity contribution in [3.63, 3.8) is 0 Å². The summed E-state index contributed by atoms with van der Waals surface area (Å²) in [5.41, 5.74) is 1.58. The Bertz CT molecular complexity index is 325. The van der Waals surface area contributed by atoms with E-state index in [2.05, 4.69) is 0 Å². The lowest BCUT2D eigenvalue weighted by atomic mass is 10.1. The monoisotopic (exact) mass is 196 g/mol. The minimum absolute atomic E-state index is 0.444. The zero-order valence-electron chi connectivity index (χ0n) is 8.44. The predicted molar refractivity (Wildman–Crippen MR) is 53.3 cm³/mol. The van der Waals surface area contributed by atoms with E-state index in [-0.39, 0.29) is 0 Å². The Kier molecular flexibility index (Phi) is 3.38. The maximum atomic E-state index is 8.71. The Labute approximate surface area is 83.3 Å². The Balaban J connectivity index is 3.11. The highest BCUT2D eigenvalue weighted by atomic mass is 16.6. The standard InChI is InChI=1S/C9H13BO4/c1-6-4-5-8(13-3)7(2)9(6)14-10(11)12/h4-5,11-12H,1-3H3. The van der Waals surface area contributed by atoms with E-state index in [0.717, 1.165) is 11.1 Å². The van der Waals surface area contributed by atoms with Crippen molar-refractivity contribution in [3.05, 3.63) is 23.3 Å². The molecule has 1 rings (SSSR count). The Morgan fingerprint density at radius 3 is 2.36 bits per heavy atom. The van der Waals surface area contributed by atoms with Crippen LogP contribution in [0.25, 0.3) is 0 Å². The molecule has 5 heteroatoms. The first-order chi connectivity index (χ1) is 6.56. The fraction of sp³-hybridized carbons (Fsp3) is 0.333. The van der Waals surface area contributed by atoms with E-state index in [1.807, 2.05) is 6.92 Å². The highest BCUT2D eigenvalue weighted by Gasteiger charge is 2.16. The second-order valence-corrected chi connectivity index (χ2v) is 2.98. The van der Waals surface area contributed by atoms with Crippen LogP contribution in [0.1, 0.15) is 11.1 Å².